The molecule has 1 aromatic rings. The van der Waals surface area contributed by atoms with Gasteiger partial charge in [-0.1, -0.05) is 0 Å². The number of ketones is 1. The number of nitrogens with one attached hydrogen (secondary N) is 1. The van der Waals surface area contributed by atoms with E-state index in [2.05, 4.69) is 14.7 Å². The van der Waals surface area contributed by atoms with Gasteiger partial charge in [0.1, 0.15) is 18.2 Å². The van der Waals surface area contributed by atoms with E-state index in [1.54, 1.807) is 6.20 Å². The van der Waals surface area contributed by atoms with Crippen LogP contribution >= 0.6 is 0 Å². The highest BCUT2D eigenvalue weighted by atomic mass is 16.5. The Kier molecular flexibility index (Phi) is 3.19. The van der Waals surface area contributed by atoms with Crippen LogP contribution in [0.1, 0.15) is 18.4 Å². The lowest BCUT2D eigenvalue weighted by Crippen LogP contribution is -1.98. The van der Waals surface area contributed by atoms with Gasteiger partial charge in [0.05, 0.1) is 18.3 Å². The van der Waals surface area contributed by atoms with Gasteiger partial charge in [0.2, 0.25) is 0 Å². The molecule has 70 valence electrons. The molecule has 0 saturated carbocycles. The smallest absolute Gasteiger partial charge is 0.293 e. The molecule has 5 heteroatoms. The largest absolute Gasteiger partial charge is 0.461 e. The van der Waals surface area contributed by atoms with Crippen LogP contribution in [0.3, 0.4) is 0 Å². The standard InChI is InChI=1S/C8H10N2O3/c1-6(12)2-8-9-3-7(10-8)4-13-5-11/h3,5H,2,4H2,1H3,(H,9,10). The summed E-state index contributed by atoms with van der Waals surface area (Å²) in [5.41, 5.74) is 0.684. The fourth-order valence-corrected chi connectivity index (χ4v) is 0.929. The molecule has 0 atom stereocenters. The molecule has 0 radical (unpaired) electrons. The Hall–Kier alpha value is -1.65. The van der Waals surface area contributed by atoms with Crippen molar-refractivity contribution in [2.24, 2.45) is 0 Å². The summed E-state index contributed by atoms with van der Waals surface area (Å²) in [6.07, 6.45) is 1.82. The van der Waals surface area contributed by atoms with Crippen molar-refractivity contribution in [3.63, 3.8) is 0 Å². The van der Waals surface area contributed by atoms with E-state index >= 15 is 0 Å². The molecule has 5 nitrogen and oxygen atoms in total. The van der Waals surface area contributed by atoms with Gasteiger partial charge >= 0.3 is 0 Å². The first kappa shape index (κ1) is 9.44. The van der Waals surface area contributed by atoms with E-state index in [0.717, 1.165) is 0 Å². The monoisotopic (exact) mass is 182 g/mol. The molecule has 0 aliphatic rings. The number of aromatic nitrogens is 2. The number of imidazole rings is 1. The average molecular weight is 182 g/mol. The molecule has 1 N–H and O–H groups in total. The van der Waals surface area contributed by atoms with Crippen molar-refractivity contribution in [2.45, 2.75) is 20.0 Å². The van der Waals surface area contributed by atoms with Gasteiger partial charge < -0.3 is 9.72 Å². The Balaban J connectivity index is 2.53. The maximum absolute atomic E-state index is 10.7. The van der Waals surface area contributed by atoms with Crippen molar-refractivity contribution in [1.82, 2.24) is 9.97 Å². The predicted octanol–water partition coefficient (Wildman–Crippen LogP) is 0.214. The van der Waals surface area contributed by atoms with Gasteiger partial charge in [0.25, 0.3) is 6.47 Å². The molecule has 0 saturated heterocycles. The second kappa shape index (κ2) is 4.39. The van der Waals surface area contributed by atoms with Gasteiger partial charge in [0.15, 0.2) is 0 Å². The van der Waals surface area contributed by atoms with Gasteiger partial charge in [-0.3, -0.25) is 9.59 Å². The molecule has 0 aliphatic heterocycles. The molecule has 0 aliphatic carbocycles. The van der Waals surface area contributed by atoms with Crippen molar-refractivity contribution in [1.29, 1.82) is 0 Å². The van der Waals surface area contributed by atoms with Crippen molar-refractivity contribution >= 4 is 12.3 Å². The molecular formula is C8H10N2O3. The number of nitrogens with zero attached hydrogens (tertiary/aromatic N) is 1. The summed E-state index contributed by atoms with van der Waals surface area (Å²) < 4.78 is 4.50. The van der Waals surface area contributed by atoms with Gasteiger partial charge in [-0.2, -0.15) is 0 Å². The minimum absolute atomic E-state index is 0.0391. The quantitative estimate of drug-likeness (QED) is 0.661. The maximum Gasteiger partial charge on any atom is 0.293 e. The summed E-state index contributed by atoms with van der Waals surface area (Å²) in [6.45, 7) is 2.02. The molecule has 0 amide bonds. The van der Waals surface area contributed by atoms with Crippen LogP contribution in [0, 0.1) is 0 Å². The Bertz CT molecular complexity index is 306. The molecule has 0 spiro atoms. The first-order valence-corrected chi connectivity index (χ1v) is 3.80. The first-order chi connectivity index (χ1) is 6.22. The van der Waals surface area contributed by atoms with E-state index in [1.807, 2.05) is 0 Å². The lowest BCUT2D eigenvalue weighted by atomic mass is 10.3. The molecule has 13 heavy (non-hydrogen) atoms. The summed E-state index contributed by atoms with van der Waals surface area (Å²) in [7, 11) is 0. The number of carbonyl (C=O) groups is 2. The Labute approximate surface area is 75.1 Å². The first-order valence-electron chi connectivity index (χ1n) is 3.80. The van der Waals surface area contributed by atoms with Crippen LogP contribution in [0.4, 0.5) is 0 Å². The van der Waals surface area contributed by atoms with Gasteiger partial charge in [0, 0.05) is 0 Å². The van der Waals surface area contributed by atoms with Crippen molar-refractivity contribution in [3.8, 4) is 0 Å². The van der Waals surface area contributed by atoms with Crippen LogP contribution in [-0.2, 0) is 27.4 Å². The number of ether oxygens (including phenoxy) is 1. The van der Waals surface area contributed by atoms with E-state index in [0.29, 0.717) is 18.0 Å². The van der Waals surface area contributed by atoms with Crippen LogP contribution in [0.25, 0.3) is 0 Å². The zero-order valence-corrected chi connectivity index (χ0v) is 7.24. The third kappa shape index (κ3) is 3.06. The average Bonchev–Trinajstić information content (AvgIpc) is 2.48. The summed E-state index contributed by atoms with van der Waals surface area (Å²) in [5, 5.41) is 0. The maximum atomic E-state index is 10.7. The third-order valence-electron chi connectivity index (χ3n) is 1.40. The number of rotatable bonds is 5. The van der Waals surface area contributed by atoms with Crippen molar-refractivity contribution in [3.05, 3.63) is 17.7 Å². The van der Waals surface area contributed by atoms with Crippen LogP contribution < -0.4 is 0 Å². The van der Waals surface area contributed by atoms with Crippen molar-refractivity contribution < 1.29 is 14.3 Å². The highest BCUT2D eigenvalue weighted by Crippen LogP contribution is 1.99. The molecule has 1 rings (SSSR count). The molecule has 0 aromatic carbocycles. The van der Waals surface area contributed by atoms with E-state index in [9.17, 15) is 9.59 Å². The number of H-pyrrole nitrogens is 1. The number of Topliss-reactive ketones (excluding diaryl/α,β-unsaturated/α-hetero) is 1. The van der Waals surface area contributed by atoms with Gasteiger partial charge in [-0.05, 0) is 6.92 Å². The Morgan fingerprint density at radius 1 is 1.77 bits per heavy atom. The van der Waals surface area contributed by atoms with E-state index < -0.39 is 0 Å². The minimum atomic E-state index is 0.0391. The topological polar surface area (TPSA) is 72.0 Å². The molecule has 0 bridgehead atoms. The number of hydrogen-bond donors (Lipinski definition) is 1. The molecule has 0 fully saturated rings. The number of aromatic amines is 1. The van der Waals surface area contributed by atoms with Crippen molar-refractivity contribution in [2.75, 3.05) is 0 Å². The highest BCUT2D eigenvalue weighted by molar-refractivity contribution is 5.77. The summed E-state index contributed by atoms with van der Waals surface area (Å²) in [5.74, 6) is 0.634. The lowest BCUT2D eigenvalue weighted by Gasteiger charge is -1.93. The molecule has 1 heterocycles. The fraction of sp³-hybridized carbons (Fsp3) is 0.375. The normalized spacial score (nSPS) is 9.62. The van der Waals surface area contributed by atoms with Crippen LogP contribution in [0.5, 0.6) is 0 Å². The SMILES string of the molecule is CC(=O)Cc1ncc(COC=O)[nH]1. The zero-order valence-electron chi connectivity index (χ0n) is 7.24. The van der Waals surface area contributed by atoms with Crippen LogP contribution in [-0.4, -0.2) is 22.2 Å². The van der Waals surface area contributed by atoms with E-state index in [-0.39, 0.29) is 18.8 Å². The number of hydrogen-bond acceptors (Lipinski definition) is 4. The fourth-order valence-electron chi connectivity index (χ4n) is 0.929. The Morgan fingerprint density at radius 3 is 3.15 bits per heavy atom. The van der Waals surface area contributed by atoms with Gasteiger partial charge in [-0.15, -0.1) is 0 Å². The third-order valence-corrected chi connectivity index (χ3v) is 1.40. The highest BCUT2D eigenvalue weighted by Gasteiger charge is 2.02. The Morgan fingerprint density at radius 2 is 2.54 bits per heavy atom. The van der Waals surface area contributed by atoms with E-state index in [4.69, 9.17) is 0 Å². The van der Waals surface area contributed by atoms with E-state index in [1.165, 1.54) is 6.92 Å². The lowest BCUT2D eigenvalue weighted by molar-refractivity contribution is -0.130. The predicted molar refractivity (Wildman–Crippen MR) is 43.8 cm³/mol. The van der Waals surface area contributed by atoms with Gasteiger partial charge in [-0.25, -0.2) is 4.98 Å². The van der Waals surface area contributed by atoms with Crippen LogP contribution in [0.2, 0.25) is 0 Å². The second-order valence-corrected chi connectivity index (χ2v) is 2.64. The number of carbonyl (C=O) groups excluding carboxylic acids is 2. The summed E-state index contributed by atoms with van der Waals surface area (Å²) in [4.78, 5) is 27.3. The zero-order chi connectivity index (χ0) is 9.68. The summed E-state index contributed by atoms with van der Waals surface area (Å²) >= 11 is 0. The second-order valence-electron chi connectivity index (χ2n) is 2.64. The molecular weight excluding hydrogens is 172 g/mol. The van der Waals surface area contributed by atoms with Crippen LogP contribution in [0.15, 0.2) is 6.20 Å². The summed E-state index contributed by atoms with van der Waals surface area (Å²) in [6, 6.07) is 0. The minimum Gasteiger partial charge on any atom is -0.461 e. The molecule has 0 unspecified atom stereocenters. The molecule has 1 aromatic heterocycles.